The molecule has 0 saturated carbocycles. The maximum Gasteiger partial charge on any atom is 0.118 e. The molecule has 0 atom stereocenters. The number of furan rings is 1. The second kappa shape index (κ2) is 6.89. The maximum absolute atomic E-state index is 5.74. The van der Waals surface area contributed by atoms with Crippen molar-refractivity contribution < 1.29 is 4.42 Å². The molecule has 4 heteroatoms. The van der Waals surface area contributed by atoms with Crippen LogP contribution in [0.4, 0.5) is 0 Å². The fourth-order valence-corrected chi connectivity index (χ4v) is 2.49. The molecular weight excluding hydrogens is 304 g/mol. The first-order valence-electron chi connectivity index (χ1n) is 6.32. The molecule has 0 aliphatic heterocycles. The Morgan fingerprint density at radius 2 is 1.95 bits per heavy atom. The molecule has 1 N–H and O–H groups in total. The van der Waals surface area contributed by atoms with Gasteiger partial charge in [0.2, 0.25) is 0 Å². The van der Waals surface area contributed by atoms with E-state index in [-0.39, 0.29) is 0 Å². The van der Waals surface area contributed by atoms with Gasteiger partial charge in [0, 0.05) is 11.0 Å². The molecule has 0 unspecified atom stereocenters. The predicted octanol–water partition coefficient (Wildman–Crippen LogP) is 3.39. The summed E-state index contributed by atoms with van der Waals surface area (Å²) >= 11 is 3.50. The largest absolute Gasteiger partial charge is 0.463 e. The van der Waals surface area contributed by atoms with Crippen molar-refractivity contribution in [3.63, 3.8) is 0 Å². The molecule has 1 aromatic carbocycles. The van der Waals surface area contributed by atoms with Crippen LogP contribution in [-0.4, -0.2) is 19.0 Å². The van der Waals surface area contributed by atoms with E-state index in [0.29, 0.717) is 0 Å². The average Bonchev–Trinajstić information content (AvgIpc) is 2.77. The fraction of sp³-hybridized carbons (Fsp3) is 0.333. The monoisotopic (exact) mass is 322 g/mol. The Labute approximate surface area is 122 Å². The Morgan fingerprint density at radius 1 is 1.16 bits per heavy atom. The molecule has 1 heterocycles. The van der Waals surface area contributed by atoms with Gasteiger partial charge in [0.25, 0.3) is 0 Å². The Kier molecular flexibility index (Phi) is 5.19. The quantitative estimate of drug-likeness (QED) is 0.883. The summed E-state index contributed by atoms with van der Waals surface area (Å²) in [6.07, 6.45) is 0. The molecule has 0 aliphatic carbocycles. The molecule has 1 aromatic heterocycles. The van der Waals surface area contributed by atoms with Gasteiger partial charge in [0.15, 0.2) is 0 Å². The molecule has 0 fully saturated rings. The van der Waals surface area contributed by atoms with Crippen molar-refractivity contribution in [3.8, 4) is 0 Å². The van der Waals surface area contributed by atoms with Gasteiger partial charge in [-0.2, -0.15) is 0 Å². The van der Waals surface area contributed by atoms with Gasteiger partial charge in [-0.15, -0.1) is 0 Å². The van der Waals surface area contributed by atoms with Crippen molar-refractivity contribution in [2.45, 2.75) is 19.6 Å². The van der Waals surface area contributed by atoms with Crippen LogP contribution in [0, 0.1) is 0 Å². The third kappa shape index (κ3) is 4.49. The minimum atomic E-state index is 0.773. The molecule has 102 valence electrons. The Bertz CT molecular complexity index is 524. The van der Waals surface area contributed by atoms with Gasteiger partial charge in [0.1, 0.15) is 11.5 Å². The molecule has 0 aliphatic rings. The summed E-state index contributed by atoms with van der Waals surface area (Å²) in [5.74, 6) is 1.98. The van der Waals surface area contributed by atoms with E-state index >= 15 is 0 Å². The van der Waals surface area contributed by atoms with Gasteiger partial charge in [0.05, 0.1) is 13.1 Å². The highest BCUT2D eigenvalue weighted by molar-refractivity contribution is 9.10. The van der Waals surface area contributed by atoms with Gasteiger partial charge in [-0.25, -0.2) is 0 Å². The highest BCUT2D eigenvalue weighted by Crippen LogP contribution is 2.15. The van der Waals surface area contributed by atoms with Gasteiger partial charge < -0.3 is 9.73 Å². The van der Waals surface area contributed by atoms with Crippen molar-refractivity contribution in [2.75, 3.05) is 14.1 Å². The van der Waals surface area contributed by atoms with E-state index in [2.05, 4.69) is 51.4 Å². The van der Waals surface area contributed by atoms with Crippen molar-refractivity contribution in [2.24, 2.45) is 0 Å². The van der Waals surface area contributed by atoms with Crippen LogP contribution in [-0.2, 0) is 19.6 Å². The highest BCUT2D eigenvalue weighted by Gasteiger charge is 2.06. The van der Waals surface area contributed by atoms with Crippen LogP contribution >= 0.6 is 15.9 Å². The van der Waals surface area contributed by atoms with Crippen LogP contribution < -0.4 is 5.32 Å². The zero-order chi connectivity index (χ0) is 13.7. The zero-order valence-corrected chi connectivity index (χ0v) is 12.9. The summed E-state index contributed by atoms with van der Waals surface area (Å²) in [6.45, 7) is 2.49. The second-order valence-electron chi connectivity index (χ2n) is 4.70. The molecule has 2 aromatic rings. The normalized spacial score (nSPS) is 11.2. The molecule has 3 nitrogen and oxygen atoms in total. The summed E-state index contributed by atoms with van der Waals surface area (Å²) in [4.78, 5) is 2.24. The third-order valence-electron chi connectivity index (χ3n) is 2.84. The number of hydrogen-bond acceptors (Lipinski definition) is 3. The van der Waals surface area contributed by atoms with Crippen molar-refractivity contribution >= 4 is 15.9 Å². The lowest BCUT2D eigenvalue weighted by Crippen LogP contribution is -2.16. The Hall–Kier alpha value is -1.10. The minimum absolute atomic E-state index is 0.773. The van der Waals surface area contributed by atoms with Crippen molar-refractivity contribution in [1.82, 2.24) is 10.2 Å². The number of rotatable bonds is 6. The summed E-state index contributed by atoms with van der Waals surface area (Å²) in [6, 6.07) is 12.5. The van der Waals surface area contributed by atoms with Crippen LogP contribution in [0.5, 0.6) is 0 Å². The van der Waals surface area contributed by atoms with Gasteiger partial charge in [-0.05, 0) is 43.9 Å². The fourth-order valence-electron chi connectivity index (χ4n) is 2.05. The van der Waals surface area contributed by atoms with Crippen LogP contribution in [0.25, 0.3) is 0 Å². The SMILES string of the molecule is CNCc1ccc(CN(C)Cc2cccc(Br)c2)o1. The number of nitrogens with zero attached hydrogens (tertiary/aromatic N) is 1. The van der Waals surface area contributed by atoms with E-state index in [4.69, 9.17) is 4.42 Å². The zero-order valence-electron chi connectivity index (χ0n) is 11.3. The average molecular weight is 323 g/mol. The van der Waals surface area contributed by atoms with Crippen LogP contribution in [0.2, 0.25) is 0 Å². The van der Waals surface area contributed by atoms with Crippen LogP contribution in [0.3, 0.4) is 0 Å². The summed E-state index contributed by atoms with van der Waals surface area (Å²) in [5.41, 5.74) is 1.29. The minimum Gasteiger partial charge on any atom is -0.463 e. The highest BCUT2D eigenvalue weighted by atomic mass is 79.9. The Morgan fingerprint density at radius 3 is 2.68 bits per heavy atom. The number of nitrogens with one attached hydrogen (secondary N) is 1. The van der Waals surface area contributed by atoms with E-state index in [1.807, 2.05) is 25.2 Å². The first kappa shape index (κ1) is 14.3. The first-order valence-corrected chi connectivity index (χ1v) is 7.12. The Balaban J connectivity index is 1.91. The van der Waals surface area contributed by atoms with Crippen LogP contribution in [0.15, 0.2) is 45.3 Å². The lowest BCUT2D eigenvalue weighted by molar-refractivity contribution is 0.283. The third-order valence-corrected chi connectivity index (χ3v) is 3.33. The summed E-state index contributed by atoms with van der Waals surface area (Å²) in [5, 5.41) is 3.08. The van der Waals surface area contributed by atoms with Crippen molar-refractivity contribution in [3.05, 3.63) is 58.0 Å². The molecule has 0 radical (unpaired) electrons. The number of halogens is 1. The summed E-state index contributed by atoms with van der Waals surface area (Å²) < 4.78 is 6.86. The molecular formula is C15H19BrN2O. The maximum atomic E-state index is 5.74. The molecule has 2 rings (SSSR count). The van der Waals surface area contributed by atoms with E-state index in [9.17, 15) is 0 Å². The molecule has 0 spiro atoms. The lowest BCUT2D eigenvalue weighted by atomic mass is 10.2. The smallest absolute Gasteiger partial charge is 0.118 e. The lowest BCUT2D eigenvalue weighted by Gasteiger charge is -2.15. The van der Waals surface area contributed by atoms with Crippen molar-refractivity contribution in [1.29, 1.82) is 0 Å². The molecule has 0 bridgehead atoms. The van der Waals surface area contributed by atoms with E-state index in [1.165, 1.54) is 5.56 Å². The van der Waals surface area contributed by atoms with Gasteiger partial charge in [-0.3, -0.25) is 4.90 Å². The van der Waals surface area contributed by atoms with Gasteiger partial charge in [-0.1, -0.05) is 28.1 Å². The topological polar surface area (TPSA) is 28.4 Å². The van der Waals surface area contributed by atoms with E-state index in [0.717, 1.165) is 35.6 Å². The van der Waals surface area contributed by atoms with E-state index < -0.39 is 0 Å². The molecule has 19 heavy (non-hydrogen) atoms. The predicted molar refractivity (Wildman–Crippen MR) is 80.8 cm³/mol. The number of benzene rings is 1. The van der Waals surface area contributed by atoms with Crippen LogP contribution in [0.1, 0.15) is 17.1 Å². The molecule has 0 saturated heterocycles. The molecule has 0 amide bonds. The first-order chi connectivity index (χ1) is 9.17. The second-order valence-corrected chi connectivity index (χ2v) is 5.62. The van der Waals surface area contributed by atoms with E-state index in [1.54, 1.807) is 0 Å². The number of hydrogen-bond donors (Lipinski definition) is 1. The summed E-state index contributed by atoms with van der Waals surface area (Å²) in [7, 11) is 4.02. The standard InChI is InChI=1S/C15H19BrN2O/c1-17-9-14-6-7-15(19-14)11-18(2)10-12-4-3-5-13(16)8-12/h3-8,17H,9-11H2,1-2H3. The van der Waals surface area contributed by atoms with Gasteiger partial charge >= 0.3 is 0 Å².